The maximum absolute atomic E-state index is 15.6. The van der Waals surface area contributed by atoms with Crippen LogP contribution in [0.2, 0.25) is 0 Å². The molecule has 0 amide bonds. The summed E-state index contributed by atoms with van der Waals surface area (Å²) in [4.78, 5) is 18.3. The van der Waals surface area contributed by atoms with Gasteiger partial charge in [-0.15, -0.1) is 11.3 Å². The fourth-order valence-electron chi connectivity index (χ4n) is 5.87. The highest BCUT2D eigenvalue weighted by Gasteiger charge is 2.56. The van der Waals surface area contributed by atoms with E-state index < -0.39 is 26.5 Å². The molecule has 0 spiro atoms. The molecule has 4 rings (SSSR count). The SMILES string of the molecule is CCNP(=O)(NCC)C(c1ccc(OCCc2nc(-c3ccccc3)sc2C)c(F)c1)[P]1(O)N(C)CC(C)(C)CN1C. The molecule has 1 fully saturated rings. The summed E-state index contributed by atoms with van der Waals surface area (Å²) in [5.41, 5.74) is 2.42. The molecule has 231 valence electrons. The monoisotopic (exact) mass is 636 g/mol. The minimum atomic E-state index is -3.43. The number of benzene rings is 2. The minimum Gasteiger partial charge on any atom is -0.490 e. The van der Waals surface area contributed by atoms with Crippen LogP contribution in [-0.4, -0.2) is 66.1 Å². The van der Waals surface area contributed by atoms with Crippen molar-refractivity contribution in [3.05, 3.63) is 70.5 Å². The third kappa shape index (κ3) is 6.98. The lowest BCUT2D eigenvalue weighted by Crippen LogP contribution is -2.50. The van der Waals surface area contributed by atoms with Gasteiger partial charge in [0.25, 0.3) is 0 Å². The number of nitrogens with zero attached hydrogens (tertiary/aromatic N) is 3. The van der Waals surface area contributed by atoms with E-state index in [0.29, 0.717) is 38.2 Å². The van der Waals surface area contributed by atoms with Crippen LogP contribution in [0.25, 0.3) is 10.6 Å². The van der Waals surface area contributed by atoms with Crippen molar-refractivity contribution in [2.45, 2.75) is 46.4 Å². The Kier molecular flexibility index (Phi) is 10.7. The number of halogens is 1. The molecule has 1 unspecified atom stereocenters. The van der Waals surface area contributed by atoms with E-state index in [1.165, 1.54) is 6.07 Å². The Morgan fingerprint density at radius 2 is 1.74 bits per heavy atom. The second-order valence-electron chi connectivity index (χ2n) is 11.6. The fraction of sp³-hybridized carbons (Fsp3) is 0.500. The summed E-state index contributed by atoms with van der Waals surface area (Å²) >= 11 is 1.64. The number of rotatable bonds is 12. The van der Waals surface area contributed by atoms with Crippen molar-refractivity contribution < 1.29 is 18.6 Å². The van der Waals surface area contributed by atoms with Crippen LogP contribution >= 0.6 is 26.6 Å². The summed E-state index contributed by atoms with van der Waals surface area (Å²) in [6.07, 6.45) is 0.547. The van der Waals surface area contributed by atoms with Gasteiger partial charge in [0.05, 0.1) is 12.3 Å². The summed E-state index contributed by atoms with van der Waals surface area (Å²) in [5, 5.41) is 6.38. The minimum absolute atomic E-state index is 0.0683. The predicted molar refractivity (Wildman–Crippen MR) is 174 cm³/mol. The highest BCUT2D eigenvalue weighted by atomic mass is 32.1. The number of aryl methyl sites for hydroxylation is 1. The zero-order chi connectivity index (χ0) is 30.7. The van der Waals surface area contributed by atoms with Crippen LogP contribution in [0.15, 0.2) is 48.5 Å². The Balaban J connectivity index is 1.59. The van der Waals surface area contributed by atoms with Crippen molar-refractivity contribution in [3.63, 3.8) is 0 Å². The first-order valence-electron chi connectivity index (χ1n) is 14.4. The van der Waals surface area contributed by atoms with Gasteiger partial charge in [0.2, 0.25) is 7.44 Å². The van der Waals surface area contributed by atoms with Crippen molar-refractivity contribution in [3.8, 4) is 16.3 Å². The first kappa shape index (κ1) is 33.2. The molecule has 1 aliphatic rings. The zero-order valence-electron chi connectivity index (χ0n) is 25.7. The number of nitrogens with one attached hydrogen (secondary N) is 2. The van der Waals surface area contributed by atoms with E-state index in [2.05, 4.69) is 24.0 Å². The maximum atomic E-state index is 15.6. The van der Waals surface area contributed by atoms with Gasteiger partial charge in [0, 0.05) is 43.0 Å². The van der Waals surface area contributed by atoms with Gasteiger partial charge in [-0.2, -0.15) is 0 Å². The van der Waals surface area contributed by atoms with E-state index in [9.17, 15) is 9.46 Å². The Hall–Kier alpha value is -1.74. The number of thiazole rings is 1. The first-order chi connectivity index (χ1) is 19.8. The van der Waals surface area contributed by atoms with Gasteiger partial charge in [-0.05, 0) is 44.1 Å². The third-order valence-electron chi connectivity index (χ3n) is 7.54. The molecule has 1 saturated heterocycles. The number of hydrogen-bond donors (Lipinski definition) is 3. The third-order valence-corrected chi connectivity index (χ3v) is 16.3. The largest absolute Gasteiger partial charge is 0.490 e. The molecule has 1 aromatic heterocycles. The number of aromatic nitrogens is 1. The molecule has 42 heavy (non-hydrogen) atoms. The molecule has 1 aliphatic heterocycles. The van der Waals surface area contributed by atoms with Crippen LogP contribution in [0.5, 0.6) is 5.75 Å². The fourth-order valence-corrected chi connectivity index (χ4v) is 15.1. The van der Waals surface area contributed by atoms with Crippen molar-refractivity contribution in [1.29, 1.82) is 0 Å². The Morgan fingerprint density at radius 3 is 2.31 bits per heavy atom. The molecule has 1 radical (unpaired) electrons. The first-order valence-corrected chi connectivity index (χ1v) is 18.7. The molecule has 1 atom stereocenters. The van der Waals surface area contributed by atoms with Crippen molar-refractivity contribution in [2.75, 3.05) is 46.9 Å². The predicted octanol–water partition coefficient (Wildman–Crippen LogP) is 6.95. The van der Waals surface area contributed by atoms with Crippen LogP contribution in [0.4, 0.5) is 4.39 Å². The van der Waals surface area contributed by atoms with Crippen LogP contribution in [-0.2, 0) is 11.0 Å². The average molecular weight is 637 g/mol. The summed E-state index contributed by atoms with van der Waals surface area (Å²) in [6.45, 7) is 12.5. The van der Waals surface area contributed by atoms with Gasteiger partial charge in [0.1, 0.15) is 18.2 Å². The highest BCUT2D eigenvalue weighted by Crippen LogP contribution is 2.82. The van der Waals surface area contributed by atoms with Crippen LogP contribution < -0.4 is 14.9 Å². The van der Waals surface area contributed by atoms with Gasteiger partial charge < -0.3 is 9.63 Å². The Bertz CT molecular complexity index is 1380. The van der Waals surface area contributed by atoms with Gasteiger partial charge in [-0.3, -0.25) is 24.1 Å². The lowest BCUT2D eigenvalue weighted by atomic mass is 9.93. The molecule has 0 aliphatic carbocycles. The Morgan fingerprint density at radius 1 is 1.12 bits per heavy atom. The molecule has 0 bridgehead atoms. The Labute approximate surface area is 254 Å². The molecule has 3 N–H and O–H groups in total. The van der Waals surface area contributed by atoms with Crippen LogP contribution in [0, 0.1) is 18.2 Å². The normalized spacial score (nSPS) is 18.2. The van der Waals surface area contributed by atoms with E-state index >= 15 is 4.39 Å². The van der Waals surface area contributed by atoms with Gasteiger partial charge >= 0.3 is 0 Å². The van der Waals surface area contributed by atoms with Crippen LogP contribution in [0.1, 0.15) is 49.2 Å². The van der Waals surface area contributed by atoms with Crippen LogP contribution in [0.3, 0.4) is 0 Å². The summed E-state index contributed by atoms with van der Waals surface area (Å²) in [6, 6.07) is 14.7. The molecule has 3 aromatic rings. The van der Waals surface area contributed by atoms with Gasteiger partial charge in [-0.1, -0.05) is 64.1 Å². The highest BCUT2D eigenvalue weighted by molar-refractivity contribution is 7.80. The second kappa shape index (κ2) is 13.5. The molecular formula is C30H45FN5O3P2S. The van der Waals surface area contributed by atoms with E-state index in [1.54, 1.807) is 23.5 Å². The second-order valence-corrected chi connectivity index (χ2v) is 18.8. The zero-order valence-corrected chi connectivity index (χ0v) is 28.3. The quantitative estimate of drug-likeness (QED) is 0.184. The molecule has 8 nitrogen and oxygen atoms in total. The summed E-state index contributed by atoms with van der Waals surface area (Å²) < 4.78 is 40.0. The van der Waals surface area contributed by atoms with E-state index in [1.807, 2.05) is 74.5 Å². The lowest BCUT2D eigenvalue weighted by Gasteiger charge is -2.58. The summed E-state index contributed by atoms with van der Waals surface area (Å²) in [7, 11) is -2.88. The summed E-state index contributed by atoms with van der Waals surface area (Å²) in [5.74, 6) is -0.432. The van der Waals surface area contributed by atoms with Crippen molar-refractivity contribution in [2.24, 2.45) is 5.41 Å². The standard InChI is InChI=1S/C30H45FN5O3P2S/c1-8-32-40(37,33-9-2)29(41(38)35(6)20-30(4,5)21-36(41)7)24-15-16-27(25(31)19-24)39-18-17-26-22(3)42-28(34-26)23-13-11-10-12-14-23/h10-16,19,29,38H,8-9,17-18,20-21H2,1-7H3,(H2,32,33,37). The van der Waals surface area contributed by atoms with Gasteiger partial charge in [0.15, 0.2) is 11.6 Å². The molecule has 2 heterocycles. The average Bonchev–Trinajstić information content (AvgIpc) is 3.29. The smallest absolute Gasteiger partial charge is 0.227 e. The molecule has 0 saturated carbocycles. The maximum Gasteiger partial charge on any atom is 0.227 e. The van der Waals surface area contributed by atoms with Crippen molar-refractivity contribution >= 4 is 26.6 Å². The van der Waals surface area contributed by atoms with Crippen molar-refractivity contribution in [1.82, 2.24) is 24.5 Å². The molecule has 12 heteroatoms. The molecule has 2 aromatic carbocycles. The lowest BCUT2D eigenvalue weighted by molar-refractivity contribution is 0.169. The molecular weight excluding hydrogens is 591 g/mol. The number of hydrogen-bond acceptors (Lipinski definition) is 7. The van der Waals surface area contributed by atoms with Gasteiger partial charge in [-0.25, -0.2) is 9.37 Å². The van der Waals surface area contributed by atoms with E-state index in [4.69, 9.17) is 9.72 Å². The van der Waals surface area contributed by atoms with E-state index in [-0.39, 0.29) is 17.8 Å². The topological polar surface area (TPSA) is 90.0 Å². The van der Waals surface area contributed by atoms with E-state index in [0.717, 1.165) is 21.1 Å². The number of ether oxygens (including phenoxy) is 1.